The van der Waals surface area contributed by atoms with Crippen molar-refractivity contribution in [2.24, 2.45) is 11.8 Å². The molecule has 0 spiro atoms. The molecule has 2 aliphatic rings. The molecular formula is C116H176O18. The number of benzene rings is 8. The Labute approximate surface area is 810 Å². The van der Waals surface area contributed by atoms with Crippen molar-refractivity contribution in [2.45, 2.75) is 367 Å². The summed E-state index contributed by atoms with van der Waals surface area (Å²) in [5.41, 5.74) is 10.7. The van der Waals surface area contributed by atoms with Crippen LogP contribution < -0.4 is 28.4 Å². The Kier molecular flexibility index (Phi) is 60.7. The summed E-state index contributed by atoms with van der Waals surface area (Å²) in [6.07, 6.45) is 24.1. The van der Waals surface area contributed by atoms with Gasteiger partial charge in [-0.15, -0.1) is 0 Å². The van der Waals surface area contributed by atoms with Crippen LogP contribution in [0.2, 0.25) is 0 Å². The second-order valence-electron chi connectivity index (χ2n) is 35.6. The highest BCUT2D eigenvalue weighted by atomic mass is 16.7. The molecule has 2 saturated carbocycles. The van der Waals surface area contributed by atoms with Crippen LogP contribution in [0.25, 0.3) is 0 Å². The van der Waals surface area contributed by atoms with Crippen molar-refractivity contribution < 1.29 is 86.9 Å². The number of hydrogen-bond acceptors (Lipinski definition) is 18. The smallest absolute Gasteiger partial charge is 0.341 e. The van der Waals surface area contributed by atoms with Gasteiger partial charge in [0.15, 0.2) is 48.2 Å². The zero-order valence-electron chi connectivity index (χ0n) is 87.1. The van der Waals surface area contributed by atoms with E-state index in [1.54, 1.807) is 43.3 Å². The maximum absolute atomic E-state index is 11.9. The molecule has 10 rings (SSSR count). The van der Waals surface area contributed by atoms with E-state index >= 15 is 0 Å². The minimum absolute atomic E-state index is 0.0334. The molecule has 12 atom stereocenters. The number of ether oxygens (including phenoxy) is 12. The highest BCUT2D eigenvalue weighted by molar-refractivity contribution is 5.93. The van der Waals surface area contributed by atoms with E-state index in [2.05, 4.69) is 164 Å². The van der Waals surface area contributed by atoms with Crippen LogP contribution in [-0.2, 0) is 28.4 Å². The minimum atomic E-state index is -0.502. The van der Waals surface area contributed by atoms with Gasteiger partial charge in [0.2, 0.25) is 0 Å². The van der Waals surface area contributed by atoms with Gasteiger partial charge < -0.3 is 77.3 Å². The summed E-state index contributed by atoms with van der Waals surface area (Å²) >= 11 is 0. The van der Waals surface area contributed by atoms with Crippen LogP contribution in [0.3, 0.4) is 0 Å². The number of rotatable bonds is 42. The van der Waals surface area contributed by atoms with Gasteiger partial charge in [-0.3, -0.25) is 0 Å². The lowest BCUT2D eigenvalue weighted by Crippen LogP contribution is -2.19. The summed E-state index contributed by atoms with van der Waals surface area (Å²) in [5, 5.41) is 37.0. The third kappa shape index (κ3) is 45.9. The average Bonchev–Trinajstić information content (AvgIpc) is 0.827. The first-order valence-electron chi connectivity index (χ1n) is 50.5. The molecule has 0 aromatic heterocycles. The Morgan fingerprint density at radius 1 is 0.284 bits per heavy atom. The van der Waals surface area contributed by atoms with Crippen molar-refractivity contribution in [1.29, 1.82) is 0 Å². The van der Waals surface area contributed by atoms with Gasteiger partial charge in [0, 0.05) is 13.2 Å². The molecule has 0 aliphatic heterocycles. The Balaban J connectivity index is 0.000000400. The van der Waals surface area contributed by atoms with Gasteiger partial charge >= 0.3 is 11.9 Å². The Bertz CT molecular complexity index is 4310. The number of carbonyl (C=O) groups is 2. The predicted octanol–water partition coefficient (Wildman–Crippen LogP) is 31.7. The van der Waals surface area contributed by atoms with E-state index < -0.39 is 18.2 Å². The molecule has 2 aliphatic carbocycles. The molecule has 12 unspecified atom stereocenters. The summed E-state index contributed by atoms with van der Waals surface area (Å²) in [7, 11) is 2.67. The van der Waals surface area contributed by atoms with Crippen LogP contribution in [0.15, 0.2) is 170 Å². The van der Waals surface area contributed by atoms with E-state index in [0.717, 1.165) is 111 Å². The predicted molar refractivity (Wildman–Crippen MR) is 551 cm³/mol. The van der Waals surface area contributed by atoms with Gasteiger partial charge in [0.25, 0.3) is 0 Å². The number of methoxy groups -OCH3 is 2. The van der Waals surface area contributed by atoms with Crippen molar-refractivity contribution in [2.75, 3.05) is 53.9 Å². The Hall–Kier alpha value is -9.46. The summed E-state index contributed by atoms with van der Waals surface area (Å²) in [5.74, 6) is 10.3. The number of phenolic OH excluding ortho intramolecular Hbond substituents is 4. The third-order valence-electron chi connectivity index (χ3n) is 25.6. The van der Waals surface area contributed by atoms with Crippen LogP contribution >= 0.6 is 0 Å². The summed E-state index contributed by atoms with van der Waals surface area (Å²) in [6, 6.07) is 54.1. The van der Waals surface area contributed by atoms with Gasteiger partial charge in [-0.1, -0.05) is 248 Å². The molecule has 18 heteroatoms. The fourth-order valence-corrected chi connectivity index (χ4v) is 15.0. The minimum Gasteiger partial charge on any atom is -0.508 e. The molecule has 0 radical (unpaired) electrons. The number of carbonyl (C=O) groups excluding carboxylic acids is 2. The quantitative estimate of drug-likeness (QED) is 0.0206. The molecule has 748 valence electrons. The number of hydrogen-bond donors (Lipinski definition) is 4. The van der Waals surface area contributed by atoms with Crippen LogP contribution in [0.1, 0.15) is 407 Å². The Morgan fingerprint density at radius 2 is 0.560 bits per heavy atom. The summed E-state index contributed by atoms with van der Waals surface area (Å²) < 4.78 is 66.0. The molecular weight excluding hydrogens is 1680 g/mol. The summed E-state index contributed by atoms with van der Waals surface area (Å²) in [6.45, 7) is 54.3. The molecule has 0 saturated heterocycles. The van der Waals surface area contributed by atoms with Crippen LogP contribution in [0, 0.1) is 11.8 Å². The largest absolute Gasteiger partial charge is 0.508 e. The topological polar surface area (TPSA) is 226 Å². The van der Waals surface area contributed by atoms with E-state index in [-0.39, 0.29) is 35.9 Å². The molecule has 2 fully saturated rings. The van der Waals surface area contributed by atoms with E-state index in [1.807, 2.05) is 127 Å². The maximum Gasteiger partial charge on any atom is 0.341 e. The van der Waals surface area contributed by atoms with E-state index in [9.17, 15) is 19.8 Å². The van der Waals surface area contributed by atoms with Crippen LogP contribution in [-0.4, -0.2) is 111 Å². The van der Waals surface area contributed by atoms with Gasteiger partial charge in [-0.2, -0.15) is 0 Å². The van der Waals surface area contributed by atoms with Crippen molar-refractivity contribution in [1.82, 2.24) is 0 Å². The maximum atomic E-state index is 11.9. The average molecular weight is 1860 g/mol. The van der Waals surface area contributed by atoms with Gasteiger partial charge in [-0.25, -0.2) is 9.59 Å². The van der Waals surface area contributed by atoms with E-state index in [1.165, 1.54) is 131 Å². The van der Waals surface area contributed by atoms with E-state index in [4.69, 9.17) is 62.3 Å². The highest BCUT2D eigenvalue weighted by Crippen LogP contribution is 2.37. The lowest BCUT2D eigenvalue weighted by Gasteiger charge is -2.23. The zero-order chi connectivity index (χ0) is 99.5. The first-order chi connectivity index (χ1) is 64.3. The molecule has 8 aromatic rings. The van der Waals surface area contributed by atoms with Gasteiger partial charge in [0.1, 0.15) is 45.6 Å². The Morgan fingerprint density at radius 3 is 0.918 bits per heavy atom. The van der Waals surface area contributed by atoms with Gasteiger partial charge in [-0.05, 0) is 320 Å². The molecule has 4 N–H and O–H groups in total. The molecule has 18 nitrogen and oxygen atoms in total. The SMILES string of the molecule is CCC(C)c1ccc(O)c(C(=O)OC)c1.CCC(C)c1ccc(O)cc1.CCC(C)c1ccc(O)cc1.CCC(C)c1ccc(OC(C)OCCC2CCCCC2)cc1.CCOC(C)Oc1ccc(C(C)CC)cc1.CCOC(C)Oc1ccc(C(C)CC)cc1C(=O)OC.CCOc1cc(C(C)CC)ccc1O.CCOc1cc(C(C)CC)ccc1OC(C)OCCC1CCCCC1. The summed E-state index contributed by atoms with van der Waals surface area (Å²) in [4.78, 5) is 23.2. The standard InChI is InChI=1S/C22H36O3.C20H32O2.C16H24O4.C14H22O2.C12H16O3.C12H18O2.2C10H14O/c1-5-17(3)20-12-13-21(22(16-20)23-6-2)25-18(4)24-15-14-19-10-8-7-9-11-19;1-4-16(2)19-10-12-20(13-11-19)22-17(3)21-15-14-18-8-6-5-7-9-18;1-6-11(3)13-8-9-15(20-12(4)19-7-2)14(10-13)16(17)18-5;1-5-11(3)13-7-9-14(10-8-13)16-12(4)15-6-2;1-4-8(2)9-5-6-11(13)10(7-9)12(14)15-3;1-4-9(3)10-6-7-11(13)12(8-10)14-5-2;2*1-3-8(2)9-4-6-10(11)7-5-9/h12-13,16-19H,5-11,14-15H2,1-4H3;10-13,16-18H,4-9,14-15H2,1-3H3;8-12H,6-7H2,1-5H3;7-12H,5-6H2,1-4H3;5-8,13H,4H2,1-3H3;6-9,13H,4-5H2,1-3H3;2*4-8,11H,3H2,1-2H3. The molecule has 134 heavy (non-hydrogen) atoms. The van der Waals surface area contributed by atoms with Gasteiger partial charge in [0.05, 0.1) is 40.6 Å². The normalized spacial score (nSPS) is 15.0. The zero-order valence-corrected chi connectivity index (χ0v) is 87.1. The highest BCUT2D eigenvalue weighted by Gasteiger charge is 2.22. The van der Waals surface area contributed by atoms with E-state index in [0.29, 0.717) is 102 Å². The number of aromatic hydroxyl groups is 4. The second kappa shape index (κ2) is 68.5. The van der Waals surface area contributed by atoms with Crippen molar-refractivity contribution >= 4 is 11.9 Å². The fraction of sp³-hybridized carbons (Fsp3) is 0.569. The first kappa shape index (κ1) is 119. The lowest BCUT2D eigenvalue weighted by molar-refractivity contribution is -0.0723. The fourth-order valence-electron chi connectivity index (χ4n) is 15.0. The van der Waals surface area contributed by atoms with Crippen molar-refractivity contribution in [3.8, 4) is 57.5 Å². The number of phenols is 4. The first-order valence-corrected chi connectivity index (χ1v) is 50.5. The molecule has 8 aromatic carbocycles. The van der Waals surface area contributed by atoms with Crippen molar-refractivity contribution in [3.05, 3.63) is 225 Å². The monoisotopic (exact) mass is 1860 g/mol. The number of esters is 2. The molecule has 0 amide bonds. The van der Waals surface area contributed by atoms with Crippen molar-refractivity contribution in [3.63, 3.8) is 0 Å². The second-order valence-corrected chi connectivity index (χ2v) is 35.6. The lowest BCUT2D eigenvalue weighted by atomic mass is 9.87. The molecule has 0 bridgehead atoms. The van der Waals surface area contributed by atoms with Crippen LogP contribution in [0.5, 0.6) is 57.5 Å². The third-order valence-corrected chi connectivity index (χ3v) is 25.6. The van der Waals surface area contributed by atoms with Crippen LogP contribution in [0.4, 0.5) is 0 Å². The molecule has 0 heterocycles.